The maximum atomic E-state index is 4.56. The van der Waals surface area contributed by atoms with Crippen LogP contribution in [0.25, 0.3) is 0 Å². The Morgan fingerprint density at radius 1 is 1.05 bits per heavy atom. The summed E-state index contributed by atoms with van der Waals surface area (Å²) in [6.07, 6.45) is 3.02. The minimum Gasteiger partial charge on any atom is -0.329 e. The molecular weight excluding hydrogens is 258 g/mol. The Morgan fingerprint density at radius 3 is 2.24 bits per heavy atom. The van der Waals surface area contributed by atoms with Crippen molar-refractivity contribution in [3.63, 3.8) is 0 Å². The van der Waals surface area contributed by atoms with Crippen molar-refractivity contribution >= 4 is 11.5 Å². The Morgan fingerprint density at radius 2 is 1.71 bits per heavy atom. The summed E-state index contributed by atoms with van der Waals surface area (Å²) in [6, 6.07) is 13.3. The maximum Gasteiger partial charge on any atom is 0.132 e. The fourth-order valence-electron chi connectivity index (χ4n) is 2.13. The molecule has 1 heterocycles. The van der Waals surface area contributed by atoms with Gasteiger partial charge in [0.2, 0.25) is 0 Å². The largest absolute Gasteiger partial charge is 0.329 e. The highest BCUT2D eigenvalue weighted by Crippen LogP contribution is 2.22. The molecule has 1 aromatic heterocycles. The molecule has 0 atom stereocenters. The van der Waals surface area contributed by atoms with E-state index in [0.717, 1.165) is 24.5 Å². The van der Waals surface area contributed by atoms with Crippen molar-refractivity contribution < 1.29 is 0 Å². The molecule has 0 saturated carbocycles. The van der Waals surface area contributed by atoms with Gasteiger partial charge < -0.3 is 10.2 Å². The number of rotatable bonds is 6. The predicted molar refractivity (Wildman–Crippen MR) is 90.1 cm³/mol. The van der Waals surface area contributed by atoms with Crippen molar-refractivity contribution in [2.45, 2.75) is 39.8 Å². The third kappa shape index (κ3) is 4.30. The molecule has 2 aromatic rings. The maximum absolute atomic E-state index is 4.56. The molecule has 0 radical (unpaired) electrons. The fraction of sp³-hybridized carbons (Fsp3) is 0.389. The van der Waals surface area contributed by atoms with Gasteiger partial charge in [0.05, 0.1) is 0 Å². The minimum absolute atomic E-state index is 0.490. The molecule has 1 aromatic carbocycles. The fourth-order valence-corrected chi connectivity index (χ4v) is 2.13. The number of nitrogens with one attached hydrogen (secondary N) is 1. The second kappa shape index (κ2) is 7.23. The average molecular weight is 283 g/mol. The molecule has 2 rings (SSSR count). The summed E-state index contributed by atoms with van der Waals surface area (Å²) in [5.74, 6) is 0.965. The summed E-state index contributed by atoms with van der Waals surface area (Å²) in [7, 11) is 2.05. The van der Waals surface area contributed by atoms with E-state index in [9.17, 15) is 0 Å². The second-order valence-electron chi connectivity index (χ2n) is 5.64. The van der Waals surface area contributed by atoms with E-state index in [-0.39, 0.29) is 0 Å². The van der Waals surface area contributed by atoms with E-state index < -0.39 is 0 Å². The topological polar surface area (TPSA) is 28.2 Å². The highest BCUT2D eigenvalue weighted by atomic mass is 15.2. The van der Waals surface area contributed by atoms with Crippen molar-refractivity contribution in [1.29, 1.82) is 0 Å². The summed E-state index contributed by atoms with van der Waals surface area (Å²) in [5.41, 5.74) is 3.73. The molecule has 112 valence electrons. The number of aromatic nitrogens is 1. The third-order valence-electron chi connectivity index (χ3n) is 3.60. The van der Waals surface area contributed by atoms with Gasteiger partial charge in [0.15, 0.2) is 0 Å². The van der Waals surface area contributed by atoms with E-state index in [1.54, 1.807) is 0 Å². The zero-order chi connectivity index (χ0) is 15.2. The van der Waals surface area contributed by atoms with E-state index in [4.69, 9.17) is 0 Å². The van der Waals surface area contributed by atoms with Crippen LogP contribution in [0, 0.1) is 0 Å². The lowest BCUT2D eigenvalue weighted by Gasteiger charge is -2.19. The quantitative estimate of drug-likeness (QED) is 0.871. The van der Waals surface area contributed by atoms with Gasteiger partial charge in [-0.05, 0) is 35.7 Å². The van der Waals surface area contributed by atoms with Gasteiger partial charge in [-0.15, -0.1) is 0 Å². The zero-order valence-corrected chi connectivity index (χ0v) is 13.4. The van der Waals surface area contributed by atoms with Crippen LogP contribution in [-0.4, -0.2) is 18.1 Å². The summed E-state index contributed by atoms with van der Waals surface area (Å²) >= 11 is 0. The molecule has 21 heavy (non-hydrogen) atoms. The molecule has 3 heteroatoms. The first-order valence-electron chi connectivity index (χ1n) is 7.61. The van der Waals surface area contributed by atoms with E-state index in [2.05, 4.69) is 79.4 Å². The lowest BCUT2D eigenvalue weighted by atomic mass is 10.1. The smallest absolute Gasteiger partial charge is 0.132 e. The van der Waals surface area contributed by atoms with Gasteiger partial charge >= 0.3 is 0 Å². The van der Waals surface area contributed by atoms with Crippen LogP contribution >= 0.6 is 0 Å². The van der Waals surface area contributed by atoms with Gasteiger partial charge in [-0.3, -0.25) is 0 Å². The first kappa shape index (κ1) is 15.5. The van der Waals surface area contributed by atoms with Gasteiger partial charge in [0.25, 0.3) is 0 Å². The molecule has 0 bridgehead atoms. The molecule has 0 spiro atoms. The number of aryl methyl sites for hydroxylation is 1. The van der Waals surface area contributed by atoms with Crippen molar-refractivity contribution in [1.82, 2.24) is 10.3 Å². The van der Waals surface area contributed by atoms with Crippen molar-refractivity contribution in [3.8, 4) is 0 Å². The van der Waals surface area contributed by atoms with E-state index in [0.29, 0.717) is 6.04 Å². The van der Waals surface area contributed by atoms with Crippen molar-refractivity contribution in [2.75, 3.05) is 11.9 Å². The van der Waals surface area contributed by atoms with Crippen LogP contribution in [0.3, 0.4) is 0 Å². The summed E-state index contributed by atoms with van der Waals surface area (Å²) in [6.45, 7) is 7.33. The number of benzene rings is 1. The van der Waals surface area contributed by atoms with E-state index in [1.165, 1.54) is 11.1 Å². The molecule has 0 aliphatic rings. The van der Waals surface area contributed by atoms with Crippen molar-refractivity contribution in [2.24, 2.45) is 0 Å². The molecule has 1 N–H and O–H groups in total. The first-order chi connectivity index (χ1) is 10.1. The minimum atomic E-state index is 0.490. The number of nitrogens with zero attached hydrogens (tertiary/aromatic N) is 2. The predicted octanol–water partition coefficient (Wildman–Crippen LogP) is 3.91. The average Bonchev–Trinajstić information content (AvgIpc) is 2.53. The molecule has 0 fully saturated rings. The van der Waals surface area contributed by atoms with Crippen LogP contribution in [0.1, 0.15) is 31.9 Å². The standard InChI is InChI=1S/C18H25N3/c1-5-15-6-9-17(10-7-15)21(4)18-11-8-16(13-20-18)12-19-14(2)3/h6-11,13-14,19H,5,12H2,1-4H3. The van der Waals surface area contributed by atoms with Gasteiger partial charge in [0.1, 0.15) is 5.82 Å². The second-order valence-corrected chi connectivity index (χ2v) is 5.64. The zero-order valence-electron chi connectivity index (χ0n) is 13.4. The van der Waals surface area contributed by atoms with E-state index >= 15 is 0 Å². The SMILES string of the molecule is CCc1ccc(N(C)c2ccc(CNC(C)C)cn2)cc1. The van der Waals surface area contributed by atoms with E-state index in [1.807, 2.05) is 6.20 Å². The van der Waals surface area contributed by atoms with Crippen molar-refractivity contribution in [3.05, 3.63) is 53.7 Å². The van der Waals surface area contributed by atoms with Crippen LogP contribution in [0.4, 0.5) is 11.5 Å². The Kier molecular flexibility index (Phi) is 5.34. The molecule has 0 amide bonds. The summed E-state index contributed by atoms with van der Waals surface area (Å²) in [4.78, 5) is 6.67. The lowest BCUT2D eigenvalue weighted by molar-refractivity contribution is 0.588. The highest BCUT2D eigenvalue weighted by molar-refractivity contribution is 5.59. The highest BCUT2D eigenvalue weighted by Gasteiger charge is 2.05. The monoisotopic (exact) mass is 283 g/mol. The number of anilines is 2. The molecule has 0 aliphatic heterocycles. The number of pyridine rings is 1. The number of hydrogen-bond acceptors (Lipinski definition) is 3. The Hall–Kier alpha value is -1.87. The Balaban J connectivity index is 2.06. The number of hydrogen-bond donors (Lipinski definition) is 1. The van der Waals surface area contributed by atoms with Crippen LogP contribution in [0.15, 0.2) is 42.6 Å². The molecule has 0 unspecified atom stereocenters. The lowest BCUT2D eigenvalue weighted by Crippen LogP contribution is -2.22. The Labute approximate surface area is 128 Å². The summed E-state index contributed by atoms with van der Waals surface area (Å²) in [5, 5.41) is 3.40. The third-order valence-corrected chi connectivity index (χ3v) is 3.60. The normalized spacial score (nSPS) is 10.9. The van der Waals surface area contributed by atoms with Crippen LogP contribution < -0.4 is 10.2 Å². The summed E-state index contributed by atoms with van der Waals surface area (Å²) < 4.78 is 0. The van der Waals surface area contributed by atoms with Crippen LogP contribution in [0.2, 0.25) is 0 Å². The van der Waals surface area contributed by atoms with Crippen LogP contribution in [0.5, 0.6) is 0 Å². The first-order valence-corrected chi connectivity index (χ1v) is 7.61. The van der Waals surface area contributed by atoms with Crippen LogP contribution in [-0.2, 0) is 13.0 Å². The van der Waals surface area contributed by atoms with Gasteiger partial charge in [-0.2, -0.15) is 0 Å². The molecule has 0 saturated heterocycles. The molecule has 0 aliphatic carbocycles. The van der Waals surface area contributed by atoms with Gasteiger partial charge in [-0.1, -0.05) is 39.0 Å². The Bertz CT molecular complexity index is 544. The van der Waals surface area contributed by atoms with Gasteiger partial charge in [-0.25, -0.2) is 4.98 Å². The van der Waals surface area contributed by atoms with Gasteiger partial charge in [0, 0.05) is 31.5 Å². The molecular formula is C18H25N3. The molecule has 3 nitrogen and oxygen atoms in total.